The maximum Gasteiger partial charge on any atom is 0.416 e. The van der Waals surface area contributed by atoms with E-state index in [1.165, 1.54) is 13.5 Å². The molecule has 14 heteroatoms. The number of nitrogens with one attached hydrogen (secondary N) is 2. The molecule has 0 radical (unpaired) electrons. The number of carbonyl (C=O) groups excluding carboxylic acids is 4. The van der Waals surface area contributed by atoms with Gasteiger partial charge in [0.05, 0.1) is 30.2 Å². The average molecular weight is 625 g/mol. The molecular weight excluding hydrogens is 584 g/mol. The van der Waals surface area contributed by atoms with Gasteiger partial charge < -0.3 is 19.9 Å². The number of hydrogen-bond donors (Lipinski definition) is 2. The van der Waals surface area contributed by atoms with Crippen molar-refractivity contribution in [2.24, 2.45) is 0 Å². The van der Waals surface area contributed by atoms with Gasteiger partial charge >= 0.3 is 6.18 Å². The van der Waals surface area contributed by atoms with Gasteiger partial charge in [0.15, 0.2) is 0 Å². The van der Waals surface area contributed by atoms with Crippen molar-refractivity contribution >= 4 is 41.1 Å². The highest BCUT2D eigenvalue weighted by Crippen LogP contribution is 2.34. The highest BCUT2D eigenvalue weighted by Gasteiger charge is 2.46. The van der Waals surface area contributed by atoms with Crippen molar-refractivity contribution in [2.75, 3.05) is 45.7 Å². The lowest BCUT2D eigenvalue weighted by Gasteiger charge is -2.47. The van der Waals surface area contributed by atoms with Crippen LogP contribution in [0.2, 0.25) is 0 Å². The van der Waals surface area contributed by atoms with Gasteiger partial charge in [-0.25, -0.2) is 4.39 Å². The maximum absolute atomic E-state index is 13.0. The summed E-state index contributed by atoms with van der Waals surface area (Å²) in [5.41, 5.74) is 0.00854. The van der Waals surface area contributed by atoms with E-state index in [-0.39, 0.29) is 18.8 Å². The lowest BCUT2D eigenvalue weighted by atomic mass is 9.84. The van der Waals surface area contributed by atoms with Crippen molar-refractivity contribution in [3.8, 4) is 0 Å². The molecule has 2 N–H and O–H groups in total. The first-order valence-electron chi connectivity index (χ1n) is 13.8. The number of likely N-dealkylation sites (tertiary alicyclic amines) is 1. The molecule has 1 aromatic carbocycles. The van der Waals surface area contributed by atoms with Gasteiger partial charge in [-0.1, -0.05) is 20.3 Å². The quantitative estimate of drug-likeness (QED) is 0.185. The molecule has 1 aliphatic heterocycles. The van der Waals surface area contributed by atoms with E-state index in [1.807, 2.05) is 35.5 Å². The molecule has 1 aliphatic rings. The molecule has 2 aromatic rings. The second-order valence-electron chi connectivity index (χ2n) is 9.95. The molecule has 0 bridgehead atoms. The van der Waals surface area contributed by atoms with Crippen LogP contribution in [-0.4, -0.2) is 97.0 Å². The SMILES string of the molecule is CCC.CN1CCC(C(=O)N(C)C=O)(N(C)c2ccc3[nH]ncc3c2)CC1.O=CCNC(=O)/C=C/C(=C\C=C\F)C(F)(F)F. The minimum atomic E-state index is -4.69. The molecule has 3 amide bonds. The summed E-state index contributed by atoms with van der Waals surface area (Å²) >= 11 is 0. The number of anilines is 1. The van der Waals surface area contributed by atoms with Crippen molar-refractivity contribution in [1.82, 2.24) is 25.3 Å². The summed E-state index contributed by atoms with van der Waals surface area (Å²) in [4.78, 5) is 50.3. The molecule has 0 atom stereocenters. The van der Waals surface area contributed by atoms with Crippen LogP contribution >= 0.6 is 0 Å². The number of imide groups is 1. The third-order valence-electron chi connectivity index (χ3n) is 6.59. The summed E-state index contributed by atoms with van der Waals surface area (Å²) < 4.78 is 48.4. The van der Waals surface area contributed by atoms with Crippen LogP contribution in [0.3, 0.4) is 0 Å². The Morgan fingerprint density at radius 3 is 2.32 bits per heavy atom. The number of carbonyl (C=O) groups is 4. The summed E-state index contributed by atoms with van der Waals surface area (Å²) in [5.74, 6) is -1.00. The molecule has 3 rings (SSSR count). The van der Waals surface area contributed by atoms with Crippen LogP contribution in [-0.2, 0) is 19.2 Å². The Balaban J connectivity index is 0.000000427. The smallest absolute Gasteiger partial charge is 0.360 e. The Hall–Kier alpha value is -4.33. The first kappa shape index (κ1) is 37.7. The monoisotopic (exact) mass is 624 g/mol. The van der Waals surface area contributed by atoms with Gasteiger partial charge in [-0.3, -0.25) is 24.4 Å². The molecule has 1 fully saturated rings. The summed E-state index contributed by atoms with van der Waals surface area (Å²) in [6.45, 7) is 5.59. The summed E-state index contributed by atoms with van der Waals surface area (Å²) in [6.07, 6.45) is 2.73. The Bertz CT molecular complexity index is 1310. The number of rotatable bonds is 9. The first-order valence-corrected chi connectivity index (χ1v) is 13.8. The van der Waals surface area contributed by atoms with Crippen molar-refractivity contribution in [3.05, 3.63) is 60.6 Å². The Morgan fingerprint density at radius 2 is 1.77 bits per heavy atom. The highest BCUT2D eigenvalue weighted by molar-refractivity contribution is 5.96. The third kappa shape index (κ3) is 11.1. The van der Waals surface area contributed by atoms with Crippen molar-refractivity contribution < 1.29 is 36.7 Å². The zero-order valence-electron chi connectivity index (χ0n) is 25.5. The van der Waals surface area contributed by atoms with E-state index in [4.69, 9.17) is 0 Å². The van der Waals surface area contributed by atoms with E-state index in [0.29, 0.717) is 49.8 Å². The number of nitrogens with zero attached hydrogens (tertiary/aromatic N) is 4. The zero-order valence-corrected chi connectivity index (χ0v) is 25.5. The molecule has 1 aromatic heterocycles. The standard InChI is InChI=1S/C17H23N5O2.C10H9F4NO2.C3H8/c1-20-8-6-17(7-9-20,16(24)21(2)12-23)22(3)14-4-5-15-13(10-14)11-18-19-15;11-5-1-2-8(10(12,13)14)3-4-9(17)15-6-7-16;1-3-2/h4-5,10-12H,6-9H2,1-3H3,(H,18,19);1-5,7H,6H2,(H,15,17);3H2,1-2H3/b;4-3+,5-1+,8-2+;. The zero-order chi connectivity index (χ0) is 33.3. The first-order chi connectivity index (χ1) is 20.8. The van der Waals surface area contributed by atoms with Crippen molar-refractivity contribution in [1.29, 1.82) is 0 Å². The molecular formula is C30H40F4N6O4. The van der Waals surface area contributed by atoms with Gasteiger partial charge in [-0.15, -0.1) is 0 Å². The Morgan fingerprint density at radius 1 is 1.14 bits per heavy atom. The predicted octanol–water partition coefficient (Wildman–Crippen LogP) is 4.32. The van der Waals surface area contributed by atoms with Crippen LogP contribution in [0.25, 0.3) is 10.9 Å². The lowest BCUT2D eigenvalue weighted by Crippen LogP contribution is -2.62. The van der Waals surface area contributed by atoms with E-state index in [1.54, 1.807) is 6.20 Å². The third-order valence-corrected chi connectivity index (χ3v) is 6.59. The number of aromatic amines is 1. The number of fused-ring (bicyclic) bond motifs is 1. The number of benzene rings is 1. The summed E-state index contributed by atoms with van der Waals surface area (Å²) in [6, 6.07) is 5.96. The number of aldehydes is 1. The molecule has 242 valence electrons. The van der Waals surface area contributed by atoms with Crippen LogP contribution in [0.1, 0.15) is 33.1 Å². The maximum atomic E-state index is 13.0. The van der Waals surface area contributed by atoms with Crippen molar-refractivity contribution in [3.63, 3.8) is 0 Å². The number of halogens is 4. The van der Waals surface area contributed by atoms with Gasteiger partial charge in [0.1, 0.15) is 11.8 Å². The van der Waals surface area contributed by atoms with E-state index in [2.05, 4.69) is 36.0 Å². The topological polar surface area (TPSA) is 119 Å². The van der Waals surface area contributed by atoms with Crippen LogP contribution in [0, 0.1) is 0 Å². The van der Waals surface area contributed by atoms with Gasteiger partial charge in [0.2, 0.25) is 12.3 Å². The van der Waals surface area contributed by atoms with Gasteiger partial charge in [0.25, 0.3) is 5.91 Å². The molecule has 1 saturated heterocycles. The van der Waals surface area contributed by atoms with Crippen LogP contribution in [0.4, 0.5) is 23.2 Å². The minimum Gasteiger partial charge on any atom is -0.360 e. The van der Waals surface area contributed by atoms with Gasteiger partial charge in [-0.2, -0.15) is 18.3 Å². The molecule has 0 saturated carbocycles. The lowest BCUT2D eigenvalue weighted by molar-refractivity contribution is -0.142. The minimum absolute atomic E-state index is 0.0635. The molecule has 2 heterocycles. The van der Waals surface area contributed by atoms with Crippen LogP contribution in [0.15, 0.2) is 60.6 Å². The number of H-pyrrole nitrogens is 1. The summed E-state index contributed by atoms with van der Waals surface area (Å²) in [7, 11) is 5.51. The largest absolute Gasteiger partial charge is 0.416 e. The van der Waals surface area contributed by atoms with E-state index in [0.717, 1.165) is 34.6 Å². The Labute approximate surface area is 254 Å². The molecule has 0 spiro atoms. The molecule has 0 unspecified atom stereocenters. The Kier molecular flexibility index (Phi) is 15.7. The highest BCUT2D eigenvalue weighted by atomic mass is 19.4. The number of hydrogen-bond acceptors (Lipinski definition) is 7. The molecule has 44 heavy (non-hydrogen) atoms. The number of likely N-dealkylation sites (N-methyl/N-ethyl adjacent to an activating group) is 2. The number of aromatic nitrogens is 2. The predicted molar refractivity (Wildman–Crippen MR) is 161 cm³/mol. The molecule has 0 aliphatic carbocycles. The van der Waals surface area contributed by atoms with E-state index < -0.39 is 23.2 Å². The van der Waals surface area contributed by atoms with Crippen molar-refractivity contribution in [2.45, 2.75) is 44.8 Å². The van der Waals surface area contributed by atoms with Gasteiger partial charge in [0, 0.05) is 44.3 Å². The van der Waals surface area contributed by atoms with Crippen LogP contribution in [0.5, 0.6) is 0 Å². The fourth-order valence-corrected chi connectivity index (χ4v) is 4.19. The number of piperidine rings is 1. The van der Waals surface area contributed by atoms with E-state index in [9.17, 15) is 36.7 Å². The molecule has 10 nitrogen and oxygen atoms in total. The number of allylic oxidation sites excluding steroid dienone is 4. The average Bonchev–Trinajstić information content (AvgIpc) is 3.47. The van der Waals surface area contributed by atoms with Gasteiger partial charge in [-0.05, 0) is 56.3 Å². The number of amides is 3. The fraction of sp³-hybridized carbons (Fsp3) is 0.433. The number of alkyl halides is 3. The van der Waals surface area contributed by atoms with Crippen LogP contribution < -0.4 is 10.2 Å². The normalized spacial score (nSPS) is 15.2. The second kappa shape index (κ2) is 18.4. The second-order valence-corrected chi connectivity index (χ2v) is 9.95. The van der Waals surface area contributed by atoms with E-state index >= 15 is 0 Å². The summed E-state index contributed by atoms with van der Waals surface area (Å²) in [5, 5.41) is 9.99. The fourth-order valence-electron chi connectivity index (χ4n) is 4.19.